The molecule has 1 aliphatic rings. The Labute approximate surface area is 121 Å². The zero-order valence-electron chi connectivity index (χ0n) is 9.91. The molecule has 0 spiro atoms. The fourth-order valence-electron chi connectivity index (χ4n) is 2.73. The number of benzene rings is 1. The molecule has 0 fully saturated rings. The van der Waals surface area contributed by atoms with Crippen LogP contribution in [0.1, 0.15) is 28.7 Å². The molecule has 1 aromatic heterocycles. The highest BCUT2D eigenvalue weighted by Gasteiger charge is 2.34. The summed E-state index contributed by atoms with van der Waals surface area (Å²) in [6, 6.07) is 10.8. The van der Waals surface area contributed by atoms with Gasteiger partial charge in [0.05, 0.1) is 8.67 Å². The summed E-state index contributed by atoms with van der Waals surface area (Å²) in [6.07, 6.45) is 1.10. The van der Waals surface area contributed by atoms with E-state index in [-0.39, 0.29) is 6.04 Å². The molecule has 0 bridgehead atoms. The van der Waals surface area contributed by atoms with E-state index < -0.39 is 0 Å². The van der Waals surface area contributed by atoms with E-state index in [1.54, 1.807) is 0 Å². The summed E-state index contributed by atoms with van der Waals surface area (Å²) in [4.78, 5) is 0. The van der Waals surface area contributed by atoms with Gasteiger partial charge in [0.1, 0.15) is 0 Å². The summed E-state index contributed by atoms with van der Waals surface area (Å²) in [5.41, 5.74) is 3.99. The van der Waals surface area contributed by atoms with Crippen LogP contribution in [0.15, 0.2) is 30.3 Å². The van der Waals surface area contributed by atoms with Gasteiger partial charge in [0.2, 0.25) is 0 Å². The lowest BCUT2D eigenvalue weighted by Gasteiger charge is -2.36. The quantitative estimate of drug-likeness (QED) is 0.869. The first-order valence-electron chi connectivity index (χ1n) is 5.90. The Morgan fingerprint density at radius 2 is 2.11 bits per heavy atom. The van der Waals surface area contributed by atoms with Crippen molar-refractivity contribution >= 4 is 34.5 Å². The molecule has 18 heavy (non-hydrogen) atoms. The van der Waals surface area contributed by atoms with Crippen LogP contribution in [-0.2, 0) is 6.42 Å². The summed E-state index contributed by atoms with van der Waals surface area (Å²) in [6.45, 7) is 0. The minimum Gasteiger partial charge on any atom is -0.312 e. The van der Waals surface area contributed by atoms with Gasteiger partial charge in [0.15, 0.2) is 0 Å². The number of hydrogen-bond acceptors (Lipinski definition) is 2. The molecule has 1 aliphatic carbocycles. The molecule has 1 heterocycles. The zero-order valence-corrected chi connectivity index (χ0v) is 12.2. The summed E-state index contributed by atoms with van der Waals surface area (Å²) in [7, 11) is 1.98. The fraction of sp³-hybridized carbons (Fsp3) is 0.286. The molecule has 2 unspecified atom stereocenters. The van der Waals surface area contributed by atoms with Gasteiger partial charge in [-0.25, -0.2) is 0 Å². The van der Waals surface area contributed by atoms with Crippen LogP contribution < -0.4 is 5.32 Å². The van der Waals surface area contributed by atoms with Gasteiger partial charge >= 0.3 is 0 Å². The maximum atomic E-state index is 6.26. The van der Waals surface area contributed by atoms with Crippen molar-refractivity contribution in [2.24, 2.45) is 0 Å². The van der Waals surface area contributed by atoms with E-state index >= 15 is 0 Å². The van der Waals surface area contributed by atoms with Gasteiger partial charge in [0.25, 0.3) is 0 Å². The monoisotopic (exact) mass is 297 g/mol. The van der Waals surface area contributed by atoms with Crippen LogP contribution in [0.25, 0.3) is 0 Å². The summed E-state index contributed by atoms with van der Waals surface area (Å²) in [5, 5.41) is 3.38. The molecule has 94 valence electrons. The van der Waals surface area contributed by atoms with E-state index in [9.17, 15) is 0 Å². The van der Waals surface area contributed by atoms with E-state index in [2.05, 4.69) is 29.6 Å². The molecule has 1 N–H and O–H groups in total. The minimum absolute atomic E-state index is 0.246. The molecule has 1 nitrogen and oxygen atoms in total. The highest BCUT2D eigenvalue weighted by molar-refractivity contribution is 7.20. The summed E-state index contributed by atoms with van der Waals surface area (Å²) < 4.78 is 1.55. The predicted molar refractivity (Wildman–Crippen MR) is 79.0 cm³/mol. The van der Waals surface area contributed by atoms with Crippen LogP contribution in [0.4, 0.5) is 0 Å². The normalized spacial score (nSPS) is 19.2. The molecule has 4 heteroatoms. The molecule has 3 rings (SSSR count). The van der Waals surface area contributed by atoms with Crippen molar-refractivity contribution in [3.8, 4) is 0 Å². The summed E-state index contributed by atoms with van der Waals surface area (Å²) >= 11 is 13.7. The van der Waals surface area contributed by atoms with Gasteiger partial charge in [-0.05, 0) is 30.7 Å². The molecular weight excluding hydrogens is 285 g/mol. The van der Waals surface area contributed by atoms with E-state index in [0.717, 1.165) is 20.7 Å². The minimum atomic E-state index is 0.246. The third-order valence-electron chi connectivity index (χ3n) is 3.63. The Balaban J connectivity index is 1.94. The maximum absolute atomic E-state index is 6.26. The highest BCUT2D eigenvalue weighted by Crippen LogP contribution is 2.46. The fourth-order valence-corrected chi connectivity index (χ4v) is 4.28. The molecular formula is C14H13Cl2NS. The van der Waals surface area contributed by atoms with Crippen molar-refractivity contribution in [2.45, 2.75) is 18.4 Å². The second kappa shape index (κ2) is 4.86. The lowest BCUT2D eigenvalue weighted by Crippen LogP contribution is -2.31. The third kappa shape index (κ3) is 1.97. The van der Waals surface area contributed by atoms with E-state index in [1.165, 1.54) is 22.5 Å². The van der Waals surface area contributed by atoms with Crippen molar-refractivity contribution < 1.29 is 0 Å². The first kappa shape index (κ1) is 12.5. The first-order valence-corrected chi connectivity index (χ1v) is 7.47. The van der Waals surface area contributed by atoms with Gasteiger partial charge in [-0.3, -0.25) is 0 Å². The standard InChI is InChI=1S/C14H13Cl2NS/c1-17-13(11-7-12(15)18-14(11)16)10-6-8-4-2-3-5-9(8)10/h2-5,7,10,13,17H,6H2,1H3. The average Bonchev–Trinajstić information content (AvgIpc) is 2.65. The molecule has 0 amide bonds. The second-order valence-electron chi connectivity index (χ2n) is 4.56. The number of thiophene rings is 1. The molecule has 0 radical (unpaired) electrons. The van der Waals surface area contributed by atoms with Gasteiger partial charge in [0, 0.05) is 17.5 Å². The maximum Gasteiger partial charge on any atom is 0.0992 e. The Morgan fingerprint density at radius 1 is 1.33 bits per heavy atom. The predicted octanol–water partition coefficient (Wildman–Crippen LogP) is 4.66. The lowest BCUT2D eigenvalue weighted by atomic mass is 9.72. The SMILES string of the molecule is CNC(c1cc(Cl)sc1Cl)C1Cc2ccccc21. The molecule has 0 saturated heterocycles. The van der Waals surface area contributed by atoms with Crippen LogP contribution in [0.5, 0.6) is 0 Å². The third-order valence-corrected chi connectivity index (χ3v) is 5.14. The van der Waals surface area contributed by atoms with Crippen LogP contribution in [-0.4, -0.2) is 7.05 Å². The topological polar surface area (TPSA) is 12.0 Å². The zero-order chi connectivity index (χ0) is 12.7. The average molecular weight is 298 g/mol. The molecule has 2 aromatic rings. The van der Waals surface area contributed by atoms with Crippen molar-refractivity contribution in [3.63, 3.8) is 0 Å². The highest BCUT2D eigenvalue weighted by atomic mass is 35.5. The van der Waals surface area contributed by atoms with E-state index in [0.29, 0.717) is 5.92 Å². The summed E-state index contributed by atoms with van der Waals surface area (Å²) in [5.74, 6) is 0.495. The molecule has 0 aliphatic heterocycles. The molecule has 0 saturated carbocycles. The van der Waals surface area contributed by atoms with Crippen LogP contribution in [0, 0.1) is 0 Å². The lowest BCUT2D eigenvalue weighted by molar-refractivity contribution is 0.440. The Kier molecular flexibility index (Phi) is 3.37. The van der Waals surface area contributed by atoms with Crippen molar-refractivity contribution in [3.05, 3.63) is 55.7 Å². The Bertz CT molecular complexity index is 579. The molecule has 2 atom stereocenters. The van der Waals surface area contributed by atoms with Crippen LogP contribution in [0.3, 0.4) is 0 Å². The number of nitrogens with one attached hydrogen (secondary N) is 1. The Morgan fingerprint density at radius 3 is 2.72 bits per heavy atom. The van der Waals surface area contributed by atoms with Gasteiger partial charge in [-0.1, -0.05) is 47.5 Å². The van der Waals surface area contributed by atoms with Crippen molar-refractivity contribution in [1.29, 1.82) is 0 Å². The smallest absolute Gasteiger partial charge is 0.0992 e. The van der Waals surface area contributed by atoms with Gasteiger partial charge < -0.3 is 5.32 Å². The van der Waals surface area contributed by atoms with Gasteiger partial charge in [-0.2, -0.15) is 0 Å². The van der Waals surface area contributed by atoms with E-state index in [1.807, 2.05) is 13.1 Å². The van der Waals surface area contributed by atoms with Crippen molar-refractivity contribution in [2.75, 3.05) is 7.05 Å². The van der Waals surface area contributed by atoms with Crippen LogP contribution >= 0.6 is 34.5 Å². The van der Waals surface area contributed by atoms with Crippen molar-refractivity contribution in [1.82, 2.24) is 5.32 Å². The number of likely N-dealkylation sites (N-methyl/N-ethyl adjacent to an activating group) is 1. The van der Waals surface area contributed by atoms with Crippen LogP contribution in [0.2, 0.25) is 8.67 Å². The van der Waals surface area contributed by atoms with E-state index in [4.69, 9.17) is 23.2 Å². The number of hydrogen-bond donors (Lipinski definition) is 1. The molecule has 1 aromatic carbocycles. The number of rotatable bonds is 3. The first-order chi connectivity index (χ1) is 8.70. The van der Waals surface area contributed by atoms with Gasteiger partial charge in [-0.15, -0.1) is 11.3 Å². The number of fused-ring (bicyclic) bond motifs is 1. The largest absolute Gasteiger partial charge is 0.312 e. The second-order valence-corrected chi connectivity index (χ2v) is 6.84. The Hall–Kier alpha value is -0.540. The number of halogens is 2.